The Bertz CT molecular complexity index is 288. The van der Waals surface area contributed by atoms with Crippen molar-refractivity contribution in [3.8, 4) is 6.07 Å². The van der Waals surface area contributed by atoms with Crippen molar-refractivity contribution in [2.75, 3.05) is 6.61 Å². The molecule has 0 aromatic heterocycles. The summed E-state index contributed by atoms with van der Waals surface area (Å²) in [5.74, 6) is -1.89. The highest BCUT2D eigenvalue weighted by Gasteiger charge is 2.13. The lowest BCUT2D eigenvalue weighted by atomic mass is 10.1. The van der Waals surface area contributed by atoms with E-state index in [-0.39, 0.29) is 5.57 Å². The van der Waals surface area contributed by atoms with Crippen LogP contribution in [0.25, 0.3) is 0 Å². The van der Waals surface area contributed by atoms with Crippen molar-refractivity contribution >= 4 is 11.9 Å². The summed E-state index contributed by atoms with van der Waals surface area (Å²) in [5, 5.41) is 16.6. The predicted octanol–water partition coefficient (Wildman–Crippen LogP) is 0.299. The fourth-order valence-electron chi connectivity index (χ4n) is 0.782. The molecule has 0 heterocycles. The van der Waals surface area contributed by atoms with Crippen LogP contribution in [-0.2, 0) is 14.3 Å². The van der Waals surface area contributed by atoms with E-state index >= 15 is 0 Å². The highest BCUT2D eigenvalue weighted by atomic mass is 16.6. The lowest BCUT2D eigenvalue weighted by molar-refractivity contribution is -0.159. The molecule has 5 heteroatoms. The van der Waals surface area contributed by atoms with E-state index in [1.54, 1.807) is 6.07 Å². The molecular formula is C9H11NO4. The van der Waals surface area contributed by atoms with E-state index in [1.807, 2.05) is 6.92 Å². The monoisotopic (exact) mass is 197 g/mol. The number of rotatable bonds is 4. The number of aliphatic hydroxyl groups excluding tert-OH is 1. The fraction of sp³-hybridized carbons (Fsp3) is 0.444. The van der Waals surface area contributed by atoms with Crippen molar-refractivity contribution < 1.29 is 19.4 Å². The molecule has 0 aliphatic heterocycles. The largest absolute Gasteiger partial charge is 0.388 e. The summed E-state index contributed by atoms with van der Waals surface area (Å²) in [4.78, 5) is 21.7. The Labute approximate surface area is 81.6 Å². The molecule has 0 aliphatic rings. The van der Waals surface area contributed by atoms with E-state index in [1.165, 1.54) is 0 Å². The minimum absolute atomic E-state index is 0.136. The van der Waals surface area contributed by atoms with E-state index in [9.17, 15) is 9.59 Å². The minimum atomic E-state index is -1.02. The van der Waals surface area contributed by atoms with Crippen molar-refractivity contribution in [1.82, 2.24) is 0 Å². The predicted molar refractivity (Wildman–Crippen MR) is 46.8 cm³/mol. The number of aliphatic hydroxyl groups is 1. The van der Waals surface area contributed by atoms with Crippen molar-refractivity contribution in [2.24, 2.45) is 0 Å². The van der Waals surface area contributed by atoms with E-state index in [0.717, 1.165) is 6.08 Å². The number of carbonyl (C=O) groups is 2. The average Bonchev–Trinajstić information content (AvgIpc) is 2.17. The molecule has 0 spiro atoms. The zero-order valence-corrected chi connectivity index (χ0v) is 7.82. The van der Waals surface area contributed by atoms with E-state index < -0.39 is 18.5 Å². The van der Waals surface area contributed by atoms with E-state index in [2.05, 4.69) is 4.74 Å². The van der Waals surface area contributed by atoms with Crippen LogP contribution in [0, 0.1) is 11.3 Å². The first kappa shape index (κ1) is 12.3. The Morgan fingerprint density at radius 1 is 1.57 bits per heavy atom. The van der Waals surface area contributed by atoms with Gasteiger partial charge in [-0.25, -0.2) is 9.59 Å². The second-order valence-corrected chi connectivity index (χ2v) is 2.47. The molecule has 0 fully saturated rings. The van der Waals surface area contributed by atoms with Gasteiger partial charge in [-0.1, -0.05) is 13.3 Å². The number of esters is 2. The zero-order chi connectivity index (χ0) is 11.0. The Kier molecular flexibility index (Phi) is 5.99. The second-order valence-electron chi connectivity index (χ2n) is 2.47. The van der Waals surface area contributed by atoms with Crippen LogP contribution in [0.15, 0.2) is 11.6 Å². The lowest BCUT2D eigenvalue weighted by Crippen LogP contribution is -2.17. The number of nitrogens with zero attached hydrogens (tertiary/aromatic N) is 1. The molecule has 14 heavy (non-hydrogen) atoms. The molecular weight excluding hydrogens is 186 g/mol. The summed E-state index contributed by atoms with van der Waals surface area (Å²) in [7, 11) is 0. The lowest BCUT2D eigenvalue weighted by Gasteiger charge is -2.02. The Morgan fingerprint density at radius 3 is 2.64 bits per heavy atom. The molecule has 5 nitrogen and oxygen atoms in total. The smallest absolute Gasteiger partial charge is 0.342 e. The van der Waals surface area contributed by atoms with Gasteiger partial charge in [-0.2, -0.15) is 5.26 Å². The normalized spacial score (nSPS) is 10.5. The van der Waals surface area contributed by atoms with Crippen molar-refractivity contribution in [1.29, 1.82) is 5.26 Å². The summed E-state index contributed by atoms with van der Waals surface area (Å²) < 4.78 is 4.22. The fourth-order valence-corrected chi connectivity index (χ4v) is 0.782. The Hall–Kier alpha value is -1.67. The van der Waals surface area contributed by atoms with Gasteiger partial charge in [0.1, 0.15) is 6.61 Å². The topological polar surface area (TPSA) is 87.4 Å². The maximum atomic E-state index is 11.1. The third-order valence-electron chi connectivity index (χ3n) is 1.36. The molecule has 0 atom stereocenters. The van der Waals surface area contributed by atoms with Crippen LogP contribution in [-0.4, -0.2) is 23.7 Å². The van der Waals surface area contributed by atoms with Crippen LogP contribution >= 0.6 is 0 Å². The molecule has 0 unspecified atom stereocenters. The molecule has 1 N–H and O–H groups in total. The first-order valence-corrected chi connectivity index (χ1v) is 4.10. The molecule has 0 rings (SSSR count). The quantitative estimate of drug-likeness (QED) is 0.303. The summed E-state index contributed by atoms with van der Waals surface area (Å²) >= 11 is 0. The summed E-state index contributed by atoms with van der Waals surface area (Å²) in [6, 6.07) is 1.69. The van der Waals surface area contributed by atoms with Crippen molar-refractivity contribution in [3.63, 3.8) is 0 Å². The number of hydrogen-bond donors (Lipinski definition) is 1. The third-order valence-corrected chi connectivity index (χ3v) is 1.36. The maximum Gasteiger partial charge on any atom is 0.342 e. The van der Waals surface area contributed by atoms with Gasteiger partial charge in [-0.3, -0.25) is 0 Å². The van der Waals surface area contributed by atoms with Gasteiger partial charge in [-0.05, 0) is 6.42 Å². The van der Waals surface area contributed by atoms with Gasteiger partial charge in [0, 0.05) is 11.6 Å². The van der Waals surface area contributed by atoms with Gasteiger partial charge in [0.25, 0.3) is 0 Å². The van der Waals surface area contributed by atoms with Gasteiger partial charge in [-0.15, -0.1) is 0 Å². The first-order chi connectivity index (χ1) is 6.65. The van der Waals surface area contributed by atoms with E-state index in [4.69, 9.17) is 10.4 Å². The maximum absolute atomic E-state index is 11.1. The second kappa shape index (κ2) is 6.80. The van der Waals surface area contributed by atoms with Crippen LogP contribution < -0.4 is 0 Å². The van der Waals surface area contributed by atoms with Crippen LogP contribution in [0.3, 0.4) is 0 Å². The van der Waals surface area contributed by atoms with Gasteiger partial charge in [0.15, 0.2) is 0 Å². The molecule has 0 bridgehead atoms. The Balaban J connectivity index is 4.39. The summed E-state index contributed by atoms with van der Waals surface area (Å²) in [6.45, 7) is 0.976. The molecule has 0 aromatic carbocycles. The molecule has 0 radical (unpaired) electrons. The van der Waals surface area contributed by atoms with Crippen molar-refractivity contribution in [3.05, 3.63) is 11.6 Å². The molecule has 0 aromatic rings. The minimum Gasteiger partial charge on any atom is -0.388 e. The van der Waals surface area contributed by atoms with Gasteiger partial charge in [0.2, 0.25) is 0 Å². The average molecular weight is 197 g/mol. The highest BCUT2D eigenvalue weighted by molar-refractivity contribution is 5.96. The van der Waals surface area contributed by atoms with Gasteiger partial charge >= 0.3 is 11.9 Å². The highest BCUT2D eigenvalue weighted by Crippen LogP contribution is 2.06. The Morgan fingerprint density at radius 2 is 2.21 bits per heavy atom. The van der Waals surface area contributed by atoms with Crippen LogP contribution in [0.1, 0.15) is 19.8 Å². The summed E-state index contributed by atoms with van der Waals surface area (Å²) in [6.07, 6.45) is 2.07. The van der Waals surface area contributed by atoms with Gasteiger partial charge < -0.3 is 9.84 Å². The molecule has 0 saturated carbocycles. The summed E-state index contributed by atoms with van der Waals surface area (Å²) in [5.41, 5.74) is 0.136. The molecule has 0 aliphatic carbocycles. The van der Waals surface area contributed by atoms with Crippen LogP contribution in [0.5, 0.6) is 0 Å². The molecule has 0 saturated heterocycles. The number of allylic oxidation sites excluding steroid dienone is 1. The first-order valence-electron chi connectivity index (χ1n) is 4.10. The third kappa shape index (κ3) is 4.38. The molecule has 76 valence electrons. The van der Waals surface area contributed by atoms with Crippen LogP contribution in [0.2, 0.25) is 0 Å². The number of hydrogen-bond acceptors (Lipinski definition) is 5. The van der Waals surface area contributed by atoms with Gasteiger partial charge in [0.05, 0.1) is 6.07 Å². The number of carbonyl (C=O) groups excluding carboxylic acids is 2. The SMILES string of the molecule is CCCC(=CC#N)C(=O)OC(=O)CO. The van der Waals surface area contributed by atoms with E-state index in [0.29, 0.717) is 12.8 Å². The number of nitriles is 1. The zero-order valence-electron chi connectivity index (χ0n) is 7.82. The number of ether oxygens (including phenoxy) is 1. The standard InChI is InChI=1S/C9H11NO4/c1-2-3-7(4-5-10)9(13)14-8(12)6-11/h4,11H,2-3,6H2,1H3. The molecule has 0 amide bonds. The van der Waals surface area contributed by atoms with Crippen LogP contribution in [0.4, 0.5) is 0 Å². The van der Waals surface area contributed by atoms with Crippen molar-refractivity contribution in [2.45, 2.75) is 19.8 Å².